The van der Waals surface area contributed by atoms with Crippen molar-refractivity contribution >= 4 is 23.7 Å². The van der Waals surface area contributed by atoms with Crippen LogP contribution in [-0.2, 0) is 37.4 Å². The number of hydrogen-bond acceptors (Lipinski definition) is 16. The van der Waals surface area contributed by atoms with Gasteiger partial charge in [-0.3, -0.25) is 4.79 Å². The van der Waals surface area contributed by atoms with Gasteiger partial charge in [-0.25, -0.2) is 0 Å². The van der Waals surface area contributed by atoms with Crippen LogP contribution in [0, 0.1) is 23.7 Å². The predicted octanol–water partition coefficient (Wildman–Crippen LogP) is 3.35. The summed E-state index contributed by atoms with van der Waals surface area (Å²) in [6.07, 6.45) is -8.67. The number of rotatable bonds is 10. The third kappa shape index (κ3) is 10.3. The first kappa shape index (κ1) is 44.0. The van der Waals surface area contributed by atoms with Gasteiger partial charge < -0.3 is 63.1 Å². The molecule has 15 nitrogen and oxygen atoms in total. The van der Waals surface area contributed by atoms with E-state index in [1.165, 1.54) is 14.0 Å². The molecule has 3 rings (SSSR count). The highest BCUT2D eigenvalue weighted by Crippen LogP contribution is 2.41. The largest absolute Gasteiger partial charge is 0.459 e. The molecule has 0 radical (unpaired) electrons. The number of aliphatic hydroxyl groups excluding tert-OH is 2. The van der Waals surface area contributed by atoms with Gasteiger partial charge in [0.2, 0.25) is 1.43 Å². The fourth-order valence-electron chi connectivity index (χ4n) is 8.76. The molecule has 3 fully saturated rings. The Bertz CT molecular complexity index is 1290. The van der Waals surface area contributed by atoms with Crippen molar-refractivity contribution in [1.29, 1.82) is 1.43 Å². The normalized spacial score (nSPS) is 48.9. The predicted molar refractivity (Wildman–Crippen MR) is 203 cm³/mol. The Balaban J connectivity index is 2.25. The van der Waals surface area contributed by atoms with Crippen LogP contribution in [0.25, 0.3) is 0 Å². The van der Waals surface area contributed by atoms with E-state index >= 15 is 0 Å². The van der Waals surface area contributed by atoms with E-state index in [2.05, 4.69) is 5.16 Å². The van der Waals surface area contributed by atoms with E-state index in [9.17, 15) is 25.3 Å². The average molecular weight is 799 g/mol. The zero-order valence-corrected chi connectivity index (χ0v) is 35.3. The molecule has 0 aromatic heterocycles. The van der Waals surface area contributed by atoms with Crippen molar-refractivity contribution in [2.24, 2.45) is 28.8 Å². The van der Waals surface area contributed by atoms with E-state index in [-0.39, 0.29) is 43.4 Å². The van der Waals surface area contributed by atoms with Crippen molar-refractivity contribution in [3.8, 4) is 0 Å². The number of carbonyl (C=O) groups excluding carboxylic acids is 1. The van der Waals surface area contributed by atoms with Crippen LogP contribution in [0.2, 0.25) is 0 Å². The van der Waals surface area contributed by atoms with Crippen molar-refractivity contribution in [1.82, 2.24) is 4.90 Å². The molecule has 0 amide bonds. The third-order valence-electron chi connectivity index (χ3n) is 12.1. The number of aliphatic hydroxyl groups is 4. The second kappa shape index (κ2) is 19.1. The standard InChI is InChI=1S/C38H70N2O13S/c1-15-26-38(10,45)31(41)21(4)28(39-46)19(2)17-36(8,44)33(52-35-30(53-54-14)25(40(11)12)16-20(3)48-35)22(5)29(23(6)34(43)50-26)51-27-18-37(9,47-13)32(42)24(7)49-27/h19-27,29-33,35,41-42,44-46H,15-18H2,1-14H3/b39-28+/t19-,20?,21+,22+,23-,24?,25?,26-,27?,29+,30?,31-,32?,33-,35?,36-,37?,38-/m1/s1/i14T,42T. The first-order chi connectivity index (χ1) is 26.0. The topological polar surface area (TPSA) is 198 Å². The second-order valence-corrected chi connectivity index (χ2v) is 17.2. The van der Waals surface area contributed by atoms with Crippen LogP contribution in [0.4, 0.5) is 0 Å². The van der Waals surface area contributed by atoms with Gasteiger partial charge in [-0.2, -0.15) is 0 Å². The number of esters is 1. The molecule has 0 saturated carbocycles. The number of cyclic esters (lactones) is 1. The smallest absolute Gasteiger partial charge is 0.311 e. The van der Waals surface area contributed by atoms with Gasteiger partial charge in [-0.05, 0) is 86.9 Å². The fourth-order valence-corrected chi connectivity index (χ4v) is 9.14. The average Bonchev–Trinajstić information content (AvgIpc) is 3.12. The first-order valence-electron chi connectivity index (χ1n) is 20.2. The minimum Gasteiger partial charge on any atom is -0.459 e. The molecule has 0 aromatic carbocycles. The van der Waals surface area contributed by atoms with Crippen molar-refractivity contribution in [2.45, 2.75) is 179 Å². The van der Waals surface area contributed by atoms with E-state index in [1.807, 2.05) is 25.9 Å². The minimum atomic E-state index is -1.98. The zero-order valence-electron chi connectivity index (χ0n) is 36.5. The molecule has 54 heavy (non-hydrogen) atoms. The van der Waals surface area contributed by atoms with E-state index in [1.54, 1.807) is 55.4 Å². The lowest BCUT2D eigenvalue weighted by molar-refractivity contribution is -0.315. The maximum atomic E-state index is 14.3. The maximum absolute atomic E-state index is 14.3. The summed E-state index contributed by atoms with van der Waals surface area (Å²) in [7, 11) is 5.34. The highest BCUT2D eigenvalue weighted by Gasteiger charge is 2.53. The SMILES string of the molecule is [3H]CSOC1C(O[C@@H]2[C@@H](C)[C@H](OC3CC(C)(OC)C(O[3H])C(C)O3)[C@@H](C)C(=O)O[C@H](CC)[C@@](C)(O)[C@H](O)[C@@H](C)/C(=N/O)[C@H](C)C[C@@]2(C)O)OC(C)CC1N(C)C. The van der Waals surface area contributed by atoms with Gasteiger partial charge in [0.25, 0.3) is 0 Å². The molecular formula is C38H70N2O13S. The summed E-state index contributed by atoms with van der Waals surface area (Å²) in [6, 6.07) is -0.188. The molecule has 0 spiro atoms. The first-order valence-corrected chi connectivity index (χ1v) is 20.0. The number of nitrogens with zero attached hydrogens (tertiary/aromatic N) is 2. The van der Waals surface area contributed by atoms with E-state index < -0.39 is 102 Å². The zero-order chi connectivity index (χ0) is 42.5. The summed E-state index contributed by atoms with van der Waals surface area (Å²) in [4.78, 5) is 16.3. The van der Waals surface area contributed by atoms with Crippen molar-refractivity contribution in [3.63, 3.8) is 0 Å². The van der Waals surface area contributed by atoms with Crippen molar-refractivity contribution in [2.75, 3.05) is 27.4 Å². The van der Waals surface area contributed by atoms with E-state index in [0.717, 1.165) is 12.0 Å². The molecule has 16 heteroatoms. The van der Waals surface area contributed by atoms with Gasteiger partial charge in [-0.15, -0.1) is 0 Å². The molecule has 3 aliphatic rings. The lowest BCUT2D eigenvalue weighted by Crippen LogP contribution is -2.61. The summed E-state index contributed by atoms with van der Waals surface area (Å²) >= 11 is 0.953. The Morgan fingerprint density at radius 1 is 1.02 bits per heavy atom. The Hall–Kier alpha value is -1.15. The molecular weight excluding hydrogens is 724 g/mol. The summed E-state index contributed by atoms with van der Waals surface area (Å²) in [5, 5.41) is 54.9. The molecule has 8 unspecified atom stereocenters. The third-order valence-corrected chi connectivity index (χ3v) is 12.4. The highest BCUT2D eigenvalue weighted by atomic mass is 32.2. The monoisotopic (exact) mass is 798 g/mol. The lowest BCUT2D eigenvalue weighted by atomic mass is 9.73. The Morgan fingerprint density at radius 2 is 1.69 bits per heavy atom. The van der Waals surface area contributed by atoms with Gasteiger partial charge in [0, 0.05) is 44.9 Å². The number of likely N-dealkylation sites (N-methyl/N-ethyl adjacent to an activating group) is 1. The maximum Gasteiger partial charge on any atom is 0.311 e. The quantitative estimate of drug-likeness (QED) is 0.0933. The fraction of sp³-hybridized carbons (Fsp3) is 0.947. The summed E-state index contributed by atoms with van der Waals surface area (Å²) in [5.74, 6) is -4.24. The van der Waals surface area contributed by atoms with Crippen LogP contribution in [0.1, 0.15) is 96.3 Å². The minimum absolute atomic E-state index is 0.0586. The van der Waals surface area contributed by atoms with Gasteiger partial charge in [0.15, 0.2) is 12.6 Å². The van der Waals surface area contributed by atoms with Crippen LogP contribution >= 0.6 is 12.0 Å². The lowest BCUT2D eigenvalue weighted by Gasteiger charge is -2.49. The molecule has 316 valence electrons. The molecule has 3 heterocycles. The Kier molecular flexibility index (Phi) is 15.5. The van der Waals surface area contributed by atoms with E-state index in [0.29, 0.717) is 6.42 Å². The highest BCUT2D eigenvalue weighted by molar-refractivity contribution is 7.93. The summed E-state index contributed by atoms with van der Waals surface area (Å²) < 4.78 is 59.8. The van der Waals surface area contributed by atoms with Crippen LogP contribution in [0.15, 0.2) is 5.16 Å². The second-order valence-electron chi connectivity index (χ2n) is 16.8. The number of ether oxygens (including phenoxy) is 6. The Labute approximate surface area is 329 Å². The van der Waals surface area contributed by atoms with Crippen LogP contribution < -0.4 is 0 Å². The molecule has 18 atom stereocenters. The number of hydrogen-bond donors (Lipinski definition) is 5. The summed E-state index contributed by atoms with van der Waals surface area (Å²) in [5.41, 5.74) is -4.64. The number of oxime groups is 1. The van der Waals surface area contributed by atoms with Gasteiger partial charge >= 0.3 is 5.97 Å². The van der Waals surface area contributed by atoms with Gasteiger partial charge in [0.05, 0.1) is 53.4 Å². The molecule has 5 N–H and O–H groups in total. The van der Waals surface area contributed by atoms with Gasteiger partial charge in [-0.1, -0.05) is 32.9 Å². The van der Waals surface area contributed by atoms with Crippen LogP contribution in [0.3, 0.4) is 0 Å². The number of methoxy groups -OCH3 is 1. The molecule has 0 bridgehead atoms. The van der Waals surface area contributed by atoms with E-state index in [4.69, 9.17) is 40.5 Å². The molecule has 3 aliphatic heterocycles. The molecule has 3 saturated heterocycles. The van der Waals surface area contributed by atoms with Crippen LogP contribution in [0.5, 0.6) is 0 Å². The van der Waals surface area contributed by atoms with Crippen molar-refractivity contribution in [3.05, 3.63) is 0 Å². The number of carbonyl (C=O) groups is 1. The van der Waals surface area contributed by atoms with Gasteiger partial charge in [0.1, 0.15) is 23.9 Å². The molecule has 0 aromatic rings. The van der Waals surface area contributed by atoms with Crippen LogP contribution in [-0.4, -0.2) is 155 Å². The molecule has 0 aliphatic carbocycles. The van der Waals surface area contributed by atoms with Crippen molar-refractivity contribution < 1.29 is 64.4 Å². The summed E-state index contributed by atoms with van der Waals surface area (Å²) in [6.45, 7) is 16.9. The Morgan fingerprint density at radius 3 is 2.24 bits per heavy atom.